The molecule has 2 heterocycles. The molecule has 1 saturated carbocycles. The Labute approximate surface area is 227 Å². The zero-order valence-electron chi connectivity index (χ0n) is 22.3. The van der Waals surface area contributed by atoms with E-state index < -0.39 is 22.0 Å². The molecule has 0 atom stereocenters. The van der Waals surface area contributed by atoms with Gasteiger partial charge in [0, 0.05) is 18.7 Å². The second-order valence-corrected chi connectivity index (χ2v) is 12.9. The average Bonchev–Trinajstić information content (AvgIpc) is 3.69. The number of halogens is 2. The molecule has 0 radical (unpaired) electrons. The highest BCUT2D eigenvalue weighted by molar-refractivity contribution is 7.89. The molecule has 0 N–H and O–H groups in total. The maximum Gasteiger partial charge on any atom is 0.387 e. The average molecular weight is 562 g/mol. The van der Waals surface area contributed by atoms with E-state index in [-0.39, 0.29) is 41.4 Å². The highest BCUT2D eigenvalue weighted by atomic mass is 32.2. The minimum absolute atomic E-state index is 0.0591. The van der Waals surface area contributed by atoms with Crippen molar-refractivity contribution in [2.24, 2.45) is 16.4 Å². The lowest BCUT2D eigenvalue weighted by atomic mass is 9.83. The quantitative estimate of drug-likeness (QED) is 0.439. The van der Waals surface area contributed by atoms with Crippen molar-refractivity contribution in [3.8, 4) is 11.5 Å². The second-order valence-electron chi connectivity index (χ2n) is 11.0. The van der Waals surface area contributed by atoms with E-state index in [4.69, 9.17) is 9.84 Å². The van der Waals surface area contributed by atoms with E-state index in [9.17, 15) is 22.0 Å². The van der Waals surface area contributed by atoms with E-state index in [1.807, 2.05) is 13.0 Å². The molecule has 3 aliphatic rings. The zero-order chi connectivity index (χ0) is 27.9. The maximum atomic E-state index is 13.5. The number of ether oxygens (including phenoxy) is 2. The van der Waals surface area contributed by atoms with Crippen molar-refractivity contribution < 1.29 is 31.5 Å². The van der Waals surface area contributed by atoms with Crippen LogP contribution in [0.4, 0.5) is 8.78 Å². The minimum atomic E-state index is -3.63. The normalized spacial score (nSPS) is 20.4. The summed E-state index contributed by atoms with van der Waals surface area (Å²) in [4.78, 5) is 13.8. The number of nitrogens with zero attached hydrogens (tertiary/aromatic N) is 3. The Hall–Kier alpha value is -3.05. The van der Waals surface area contributed by atoms with Crippen molar-refractivity contribution in [2.45, 2.75) is 64.0 Å². The molecular formula is C28H33F2N3O5S. The van der Waals surface area contributed by atoms with Gasteiger partial charge in [-0.15, -0.1) is 0 Å². The molecule has 2 aliphatic heterocycles. The molecule has 2 aromatic rings. The number of hydrazone groups is 1. The predicted molar refractivity (Wildman–Crippen MR) is 141 cm³/mol. The Morgan fingerprint density at radius 3 is 2.41 bits per heavy atom. The molecule has 0 spiro atoms. The molecule has 2 fully saturated rings. The van der Waals surface area contributed by atoms with Gasteiger partial charge in [0.25, 0.3) is 5.91 Å². The fourth-order valence-corrected chi connectivity index (χ4v) is 6.61. The highest BCUT2D eigenvalue weighted by Gasteiger charge is 2.47. The second kappa shape index (κ2) is 10.5. The van der Waals surface area contributed by atoms with Gasteiger partial charge in [0.2, 0.25) is 10.0 Å². The molecule has 0 aromatic heterocycles. The third kappa shape index (κ3) is 5.65. The van der Waals surface area contributed by atoms with E-state index in [0.717, 1.165) is 18.4 Å². The zero-order valence-corrected chi connectivity index (χ0v) is 23.1. The standard InChI is InChI=1S/C28H33F2N3O5S/c1-18-5-4-6-22(15-18)39(35,36)32-13-11-21(12-14-32)33-26(34)28(2,3)25(31-33)20-9-10-23(38-27(29)30)24(16-20)37-17-19-7-8-19/h4-6,9-10,15-16,19,21,27H,7-8,11-14,17H2,1-3H3. The number of benzene rings is 2. The summed E-state index contributed by atoms with van der Waals surface area (Å²) in [5, 5.41) is 6.17. The van der Waals surface area contributed by atoms with Crippen LogP contribution in [0.3, 0.4) is 0 Å². The topological polar surface area (TPSA) is 88.5 Å². The van der Waals surface area contributed by atoms with Crippen LogP contribution in [0, 0.1) is 18.3 Å². The van der Waals surface area contributed by atoms with Gasteiger partial charge < -0.3 is 9.47 Å². The van der Waals surface area contributed by atoms with Crippen LogP contribution in [0.15, 0.2) is 52.5 Å². The lowest BCUT2D eigenvalue weighted by Crippen LogP contribution is -2.47. The van der Waals surface area contributed by atoms with Gasteiger partial charge in [0.05, 0.1) is 28.7 Å². The summed E-state index contributed by atoms with van der Waals surface area (Å²) in [5.74, 6) is 0.353. The molecule has 8 nitrogen and oxygen atoms in total. The molecule has 2 aromatic carbocycles. The SMILES string of the molecule is Cc1cccc(S(=O)(=O)N2CCC(N3N=C(c4ccc(OC(F)F)c(OCC5CC5)c4)C(C)(C)C3=O)CC2)c1. The first-order chi connectivity index (χ1) is 18.5. The van der Waals surface area contributed by atoms with Crippen LogP contribution >= 0.6 is 0 Å². The maximum absolute atomic E-state index is 13.5. The Bertz CT molecular complexity index is 1380. The monoisotopic (exact) mass is 561 g/mol. The van der Waals surface area contributed by atoms with Crippen molar-refractivity contribution in [2.75, 3.05) is 19.7 Å². The highest BCUT2D eigenvalue weighted by Crippen LogP contribution is 2.39. The first-order valence-corrected chi connectivity index (χ1v) is 14.6. The first kappa shape index (κ1) is 27.5. The van der Waals surface area contributed by atoms with Crippen LogP contribution < -0.4 is 9.47 Å². The Balaban J connectivity index is 1.35. The summed E-state index contributed by atoms with van der Waals surface area (Å²) in [6, 6.07) is 11.2. The number of hydrogen-bond donors (Lipinski definition) is 0. The van der Waals surface area contributed by atoms with Crippen LogP contribution in [-0.4, -0.2) is 61.7 Å². The molecule has 1 amide bonds. The van der Waals surface area contributed by atoms with E-state index in [1.165, 1.54) is 15.4 Å². The van der Waals surface area contributed by atoms with Gasteiger partial charge in [-0.25, -0.2) is 13.4 Å². The number of amides is 1. The van der Waals surface area contributed by atoms with Crippen LogP contribution in [0.5, 0.6) is 11.5 Å². The van der Waals surface area contributed by atoms with Crippen LogP contribution in [0.25, 0.3) is 0 Å². The number of alkyl halides is 2. The fraction of sp³-hybridized carbons (Fsp3) is 0.500. The van der Waals surface area contributed by atoms with Crippen molar-refractivity contribution in [3.63, 3.8) is 0 Å². The fourth-order valence-electron chi connectivity index (χ4n) is 5.04. The molecule has 1 aliphatic carbocycles. The van der Waals surface area contributed by atoms with Gasteiger partial charge in [-0.1, -0.05) is 12.1 Å². The van der Waals surface area contributed by atoms with Gasteiger partial charge in [-0.3, -0.25) is 4.79 Å². The lowest BCUT2D eigenvalue weighted by molar-refractivity contribution is -0.137. The van der Waals surface area contributed by atoms with Crippen LogP contribution in [0.2, 0.25) is 0 Å². The van der Waals surface area contributed by atoms with Gasteiger partial charge in [-0.05, 0) is 88.3 Å². The number of aryl methyl sites for hydroxylation is 1. The Kier molecular flexibility index (Phi) is 7.41. The van der Waals surface area contributed by atoms with E-state index in [0.29, 0.717) is 36.6 Å². The van der Waals surface area contributed by atoms with Crippen molar-refractivity contribution in [1.29, 1.82) is 0 Å². The van der Waals surface area contributed by atoms with Crippen molar-refractivity contribution >= 4 is 21.6 Å². The number of hydrogen-bond acceptors (Lipinski definition) is 6. The summed E-state index contributed by atoms with van der Waals surface area (Å²) in [6.07, 6.45) is 2.97. The molecule has 0 bridgehead atoms. The van der Waals surface area contributed by atoms with Crippen LogP contribution in [0.1, 0.15) is 50.7 Å². The molecule has 210 valence electrons. The number of piperidine rings is 1. The van der Waals surface area contributed by atoms with Gasteiger partial charge >= 0.3 is 6.61 Å². The van der Waals surface area contributed by atoms with Crippen LogP contribution in [-0.2, 0) is 14.8 Å². The van der Waals surface area contributed by atoms with E-state index in [2.05, 4.69) is 4.74 Å². The Morgan fingerprint density at radius 1 is 1.05 bits per heavy atom. The van der Waals surface area contributed by atoms with Crippen molar-refractivity contribution in [1.82, 2.24) is 9.31 Å². The summed E-state index contributed by atoms with van der Waals surface area (Å²) in [6.45, 7) is 3.37. The summed E-state index contributed by atoms with van der Waals surface area (Å²) < 4.78 is 64.1. The smallest absolute Gasteiger partial charge is 0.387 e. The number of carbonyl (C=O) groups excluding carboxylic acids is 1. The minimum Gasteiger partial charge on any atom is -0.489 e. The van der Waals surface area contributed by atoms with Gasteiger partial charge in [0.15, 0.2) is 11.5 Å². The molecule has 5 rings (SSSR count). The van der Waals surface area contributed by atoms with Crippen molar-refractivity contribution in [3.05, 3.63) is 53.6 Å². The Morgan fingerprint density at radius 2 is 1.77 bits per heavy atom. The first-order valence-electron chi connectivity index (χ1n) is 13.2. The summed E-state index contributed by atoms with van der Waals surface area (Å²) in [7, 11) is -3.63. The molecule has 39 heavy (non-hydrogen) atoms. The molecular weight excluding hydrogens is 528 g/mol. The largest absolute Gasteiger partial charge is 0.489 e. The van der Waals surface area contributed by atoms with E-state index in [1.54, 1.807) is 44.2 Å². The molecule has 11 heteroatoms. The van der Waals surface area contributed by atoms with Gasteiger partial charge in [-0.2, -0.15) is 18.2 Å². The third-order valence-electron chi connectivity index (χ3n) is 7.54. The summed E-state index contributed by atoms with van der Waals surface area (Å²) >= 11 is 0. The predicted octanol–water partition coefficient (Wildman–Crippen LogP) is 4.81. The van der Waals surface area contributed by atoms with Gasteiger partial charge in [0.1, 0.15) is 0 Å². The summed E-state index contributed by atoms with van der Waals surface area (Å²) in [5.41, 5.74) is 0.987. The van der Waals surface area contributed by atoms with E-state index >= 15 is 0 Å². The molecule has 0 unspecified atom stereocenters. The number of rotatable bonds is 9. The number of carbonyl (C=O) groups is 1. The number of sulfonamides is 1. The lowest BCUT2D eigenvalue weighted by Gasteiger charge is -2.35. The third-order valence-corrected chi connectivity index (χ3v) is 9.44. The molecule has 1 saturated heterocycles.